The summed E-state index contributed by atoms with van der Waals surface area (Å²) < 4.78 is 45.8. The Morgan fingerprint density at radius 1 is 1.10 bits per heavy atom. The molecule has 0 aromatic heterocycles. The Balaban J connectivity index is 1.34. The molecule has 0 unspecified atom stereocenters. The average molecular weight is 727 g/mol. The van der Waals surface area contributed by atoms with Gasteiger partial charge in [0, 0.05) is 37.7 Å². The second-order valence-electron chi connectivity index (χ2n) is 14.8. The number of likely N-dealkylation sites (tertiary alicyclic amines) is 1. The number of rotatable bonds is 3. The maximum atomic E-state index is 15.0. The highest BCUT2D eigenvalue weighted by Gasteiger charge is 2.45. The zero-order chi connectivity index (χ0) is 35.3. The first kappa shape index (κ1) is 35.3. The second-order valence-corrected chi connectivity index (χ2v) is 17.1. The van der Waals surface area contributed by atoms with Gasteiger partial charge in [-0.1, -0.05) is 29.8 Å². The molecular weight excluding hydrogens is 680 g/mol. The Bertz CT molecular complexity index is 1800. The minimum absolute atomic E-state index is 0.103. The van der Waals surface area contributed by atoms with Gasteiger partial charge in [-0.2, -0.15) is 0 Å². The van der Waals surface area contributed by atoms with Gasteiger partial charge < -0.3 is 28.7 Å². The number of benzene rings is 2. The van der Waals surface area contributed by atoms with Crippen LogP contribution in [-0.4, -0.2) is 92.5 Å². The van der Waals surface area contributed by atoms with E-state index in [1.54, 1.807) is 46.3 Å². The number of hydrogen-bond acceptors (Lipinski definition) is 8. The van der Waals surface area contributed by atoms with E-state index in [2.05, 4.69) is 26.1 Å². The van der Waals surface area contributed by atoms with Gasteiger partial charge in [0.15, 0.2) is 9.92 Å². The van der Waals surface area contributed by atoms with E-state index < -0.39 is 27.5 Å². The highest BCUT2D eigenvalue weighted by Crippen LogP contribution is 2.47. The number of amides is 3. The third-order valence-electron chi connectivity index (χ3n) is 11.2. The summed E-state index contributed by atoms with van der Waals surface area (Å²) in [7, 11) is -0.507. The SMILES string of the molecule is COC1CN(C(=O)N[S@]2(=O)=NC(=O)C(C)(C)OC/C=C/[C@H](OC)[C@@H]3CC[C@H]3CN3C[C@@]4(CCCc5cc(Cl)ccc54)COc4ccc2cc43)C1. The monoisotopic (exact) mass is 726 g/mol. The first-order chi connectivity index (χ1) is 23.9. The Morgan fingerprint density at radius 2 is 1.92 bits per heavy atom. The van der Waals surface area contributed by atoms with E-state index in [4.69, 9.17) is 30.5 Å². The van der Waals surface area contributed by atoms with Crippen LogP contribution in [0.15, 0.2) is 57.8 Å². The van der Waals surface area contributed by atoms with E-state index in [-0.39, 0.29) is 35.0 Å². The number of halogens is 1. The highest BCUT2D eigenvalue weighted by atomic mass is 35.5. The fourth-order valence-electron chi connectivity index (χ4n) is 8.00. The molecule has 3 amide bonds. The van der Waals surface area contributed by atoms with Gasteiger partial charge in [-0.15, -0.1) is 4.36 Å². The van der Waals surface area contributed by atoms with E-state index >= 15 is 0 Å². The molecule has 2 fully saturated rings. The standard InChI is InChI=1S/C37H47ClN4O7S/c1-36(2)34(43)39-50(45,40-35(44)41-20-27(21-41)46-3)28-11-14-33-31(18-28)42(19-25-9-12-29(25)32(47-4)8-6-16-49-36)22-37(23-48-33)15-5-7-24-17-26(38)10-13-30(24)37/h6,8,10-11,13-14,17-18,25,27,29,32H,5,7,9,12,15-16,19-23H2,1-4H3,(H,39,40,43,44,45)/b8-6+/t25-,29+,32-,37-,50+/m0/s1. The molecule has 5 aliphatic rings. The van der Waals surface area contributed by atoms with Crippen LogP contribution in [0.3, 0.4) is 0 Å². The fraction of sp³-hybridized carbons (Fsp3) is 0.568. The number of aryl methyl sites for hydroxylation is 1. The first-order valence-electron chi connectivity index (χ1n) is 17.5. The van der Waals surface area contributed by atoms with Crippen molar-refractivity contribution < 1.29 is 32.7 Å². The maximum absolute atomic E-state index is 15.0. The van der Waals surface area contributed by atoms with Crippen LogP contribution in [-0.2, 0) is 40.8 Å². The molecular formula is C37H47ClN4O7S. The number of urea groups is 1. The molecule has 7 rings (SSSR count). The maximum Gasteiger partial charge on any atom is 0.330 e. The summed E-state index contributed by atoms with van der Waals surface area (Å²) in [5.74, 6) is 0.517. The van der Waals surface area contributed by atoms with Gasteiger partial charge in [0.25, 0.3) is 5.91 Å². The van der Waals surface area contributed by atoms with Gasteiger partial charge in [0.2, 0.25) is 0 Å². The van der Waals surface area contributed by atoms with Crippen LogP contribution >= 0.6 is 11.6 Å². The molecule has 1 spiro atoms. The number of nitrogens with one attached hydrogen (secondary N) is 1. The smallest absolute Gasteiger partial charge is 0.330 e. The predicted molar refractivity (Wildman–Crippen MR) is 191 cm³/mol. The molecule has 270 valence electrons. The van der Waals surface area contributed by atoms with Crippen molar-refractivity contribution in [3.05, 3.63) is 64.7 Å². The number of anilines is 1. The fourth-order valence-corrected chi connectivity index (χ4v) is 9.81. The lowest BCUT2D eigenvalue weighted by Gasteiger charge is -2.46. The number of methoxy groups -OCH3 is 2. The van der Waals surface area contributed by atoms with Crippen molar-refractivity contribution in [2.24, 2.45) is 16.2 Å². The van der Waals surface area contributed by atoms with Crippen molar-refractivity contribution in [1.29, 1.82) is 0 Å². The zero-order valence-corrected chi connectivity index (χ0v) is 30.8. The Labute approximate surface area is 299 Å². The van der Waals surface area contributed by atoms with Crippen LogP contribution in [0.1, 0.15) is 50.7 Å². The van der Waals surface area contributed by atoms with E-state index in [0.717, 1.165) is 49.4 Å². The Morgan fingerprint density at radius 3 is 2.66 bits per heavy atom. The normalized spacial score (nSPS) is 31.5. The molecule has 50 heavy (non-hydrogen) atoms. The van der Waals surface area contributed by atoms with Crippen LogP contribution in [0, 0.1) is 11.8 Å². The van der Waals surface area contributed by atoms with E-state index in [1.807, 2.05) is 18.2 Å². The number of hydrogen-bond donors (Lipinski definition) is 1. The zero-order valence-electron chi connectivity index (χ0n) is 29.2. The van der Waals surface area contributed by atoms with E-state index in [1.165, 1.54) is 16.0 Å². The Hall–Kier alpha value is -3.16. The summed E-state index contributed by atoms with van der Waals surface area (Å²) >= 11 is 6.46. The lowest BCUT2D eigenvalue weighted by atomic mass is 9.68. The summed E-state index contributed by atoms with van der Waals surface area (Å²) in [6, 6.07) is 10.8. The molecule has 1 N–H and O–H groups in total. The number of nitrogens with zero attached hydrogens (tertiary/aromatic N) is 3. The molecule has 3 aliphatic heterocycles. The number of ether oxygens (including phenoxy) is 4. The average Bonchev–Trinajstić information content (AvgIpc) is 3.20. The lowest BCUT2D eigenvalue weighted by molar-refractivity contribution is -0.137. The van der Waals surface area contributed by atoms with E-state index in [0.29, 0.717) is 37.9 Å². The molecule has 1 saturated carbocycles. The lowest BCUT2D eigenvalue weighted by Crippen LogP contribution is -2.58. The Kier molecular flexibility index (Phi) is 9.70. The van der Waals surface area contributed by atoms with Crippen LogP contribution < -0.4 is 14.4 Å². The summed E-state index contributed by atoms with van der Waals surface area (Å²) in [5, 5.41) is 0.726. The molecule has 2 aromatic rings. The van der Waals surface area contributed by atoms with Crippen molar-refractivity contribution >= 4 is 39.1 Å². The number of carbonyl (C=O) groups excluding carboxylic acids is 2. The van der Waals surface area contributed by atoms with Gasteiger partial charge in [-0.25, -0.2) is 13.7 Å². The minimum atomic E-state index is -3.83. The first-order valence-corrected chi connectivity index (χ1v) is 19.4. The largest absolute Gasteiger partial charge is 0.490 e. The van der Waals surface area contributed by atoms with Crippen molar-refractivity contribution in [2.75, 3.05) is 58.5 Å². The molecule has 2 aliphatic carbocycles. The van der Waals surface area contributed by atoms with Crippen molar-refractivity contribution in [3.63, 3.8) is 0 Å². The molecule has 0 radical (unpaired) electrons. The number of fused-ring (bicyclic) bond motifs is 4. The van der Waals surface area contributed by atoms with Crippen LogP contribution in [0.4, 0.5) is 10.5 Å². The molecule has 5 atom stereocenters. The topological polar surface area (TPSA) is 119 Å². The molecule has 13 heteroatoms. The summed E-state index contributed by atoms with van der Waals surface area (Å²) in [6.45, 7) is 5.88. The molecule has 2 aromatic carbocycles. The van der Waals surface area contributed by atoms with E-state index in [9.17, 15) is 13.8 Å². The number of carbonyl (C=O) groups is 2. The van der Waals surface area contributed by atoms with Gasteiger partial charge in [0.05, 0.1) is 49.1 Å². The van der Waals surface area contributed by atoms with Gasteiger partial charge in [0.1, 0.15) is 11.4 Å². The molecule has 11 nitrogen and oxygen atoms in total. The predicted octanol–water partition coefficient (Wildman–Crippen LogP) is 5.53. The van der Waals surface area contributed by atoms with Crippen molar-refractivity contribution in [2.45, 2.75) is 74.1 Å². The van der Waals surface area contributed by atoms with Gasteiger partial charge in [-0.05, 0) is 99.2 Å². The summed E-state index contributed by atoms with van der Waals surface area (Å²) in [6.07, 6.45) is 8.67. The molecule has 1 saturated heterocycles. The van der Waals surface area contributed by atoms with Crippen molar-refractivity contribution in [1.82, 2.24) is 9.62 Å². The van der Waals surface area contributed by atoms with Crippen LogP contribution in [0.25, 0.3) is 0 Å². The van der Waals surface area contributed by atoms with Crippen LogP contribution in [0.2, 0.25) is 5.02 Å². The highest BCUT2D eigenvalue weighted by molar-refractivity contribution is 7.92. The second kappa shape index (κ2) is 13.8. The summed E-state index contributed by atoms with van der Waals surface area (Å²) in [4.78, 5) is 31.3. The third kappa shape index (κ3) is 6.65. The summed E-state index contributed by atoms with van der Waals surface area (Å²) in [5.41, 5.74) is 1.53. The van der Waals surface area contributed by atoms with Crippen molar-refractivity contribution in [3.8, 4) is 5.75 Å². The van der Waals surface area contributed by atoms with Gasteiger partial charge >= 0.3 is 6.03 Å². The molecule has 2 bridgehead atoms. The molecule has 3 heterocycles. The quantitative estimate of drug-likeness (QED) is 0.411. The minimum Gasteiger partial charge on any atom is -0.490 e. The van der Waals surface area contributed by atoms with Gasteiger partial charge in [-0.3, -0.25) is 4.79 Å². The third-order valence-corrected chi connectivity index (χ3v) is 13.2. The van der Waals surface area contributed by atoms with Crippen LogP contribution in [0.5, 0.6) is 5.75 Å².